The highest BCUT2D eigenvalue weighted by atomic mass is 16.6. The number of ketones is 1. The molecule has 134 valence electrons. The smallest absolute Gasteiger partial charge is 0.347 e. The van der Waals surface area contributed by atoms with E-state index in [1.54, 1.807) is 43.3 Å². The monoisotopic (exact) mass is 355 g/mol. The molecule has 1 atom stereocenters. The third-order valence-electron chi connectivity index (χ3n) is 3.67. The summed E-state index contributed by atoms with van der Waals surface area (Å²) in [4.78, 5) is 35.6. The Morgan fingerprint density at radius 1 is 1.19 bits per heavy atom. The van der Waals surface area contributed by atoms with Crippen molar-refractivity contribution in [3.05, 3.63) is 54.1 Å². The highest BCUT2D eigenvalue weighted by molar-refractivity contribution is 6.01. The third kappa shape index (κ3) is 4.18. The number of anilines is 1. The summed E-state index contributed by atoms with van der Waals surface area (Å²) in [6.07, 6.45) is -0.846. The Morgan fingerprint density at radius 3 is 2.73 bits per heavy atom. The highest BCUT2D eigenvalue weighted by Crippen LogP contribution is 2.28. The van der Waals surface area contributed by atoms with Crippen LogP contribution in [0, 0.1) is 0 Å². The third-order valence-corrected chi connectivity index (χ3v) is 3.67. The number of hydrogen-bond donors (Lipinski definition) is 1. The molecule has 0 saturated carbocycles. The van der Waals surface area contributed by atoms with Crippen LogP contribution in [0.15, 0.2) is 48.5 Å². The van der Waals surface area contributed by atoms with Gasteiger partial charge in [-0.3, -0.25) is 9.59 Å². The molecule has 7 nitrogen and oxygen atoms in total. The number of amides is 1. The van der Waals surface area contributed by atoms with E-state index in [1.807, 2.05) is 6.07 Å². The van der Waals surface area contributed by atoms with Crippen molar-refractivity contribution in [1.82, 2.24) is 0 Å². The molecule has 2 aromatic carbocycles. The zero-order chi connectivity index (χ0) is 18.5. The Balaban J connectivity index is 1.56. The molecular formula is C19H17NO6. The fraction of sp³-hybridized carbons (Fsp3) is 0.211. The van der Waals surface area contributed by atoms with Gasteiger partial charge in [0.15, 0.2) is 25.1 Å². The fourth-order valence-corrected chi connectivity index (χ4v) is 2.35. The van der Waals surface area contributed by atoms with Gasteiger partial charge < -0.3 is 19.5 Å². The number of esters is 1. The quantitative estimate of drug-likeness (QED) is 0.631. The molecule has 1 heterocycles. The van der Waals surface area contributed by atoms with Crippen LogP contribution in [0.2, 0.25) is 0 Å². The van der Waals surface area contributed by atoms with Crippen LogP contribution in [0.4, 0.5) is 5.69 Å². The second kappa shape index (κ2) is 7.69. The summed E-state index contributed by atoms with van der Waals surface area (Å²) in [7, 11) is 0. The first-order valence-corrected chi connectivity index (χ1v) is 8.01. The molecule has 0 saturated heterocycles. The molecule has 1 aliphatic rings. The van der Waals surface area contributed by atoms with E-state index in [1.165, 1.54) is 6.07 Å². The van der Waals surface area contributed by atoms with E-state index in [0.29, 0.717) is 22.7 Å². The minimum absolute atomic E-state index is 0.0583. The second-order valence-electron chi connectivity index (χ2n) is 5.65. The minimum atomic E-state index is -0.846. The number of para-hydroxylation sites is 1. The maximum atomic E-state index is 12.2. The van der Waals surface area contributed by atoms with Gasteiger partial charge in [-0.1, -0.05) is 18.2 Å². The molecule has 1 aliphatic heterocycles. The van der Waals surface area contributed by atoms with Crippen LogP contribution in [-0.2, 0) is 14.3 Å². The van der Waals surface area contributed by atoms with Crippen LogP contribution >= 0.6 is 0 Å². The van der Waals surface area contributed by atoms with E-state index >= 15 is 0 Å². The van der Waals surface area contributed by atoms with Gasteiger partial charge in [-0.15, -0.1) is 0 Å². The largest absolute Gasteiger partial charge is 0.482 e. The summed E-state index contributed by atoms with van der Waals surface area (Å²) in [5, 5.41) is 2.62. The van der Waals surface area contributed by atoms with Gasteiger partial charge >= 0.3 is 5.97 Å². The van der Waals surface area contributed by atoms with E-state index < -0.39 is 24.5 Å². The number of benzene rings is 2. The van der Waals surface area contributed by atoms with Gasteiger partial charge in [-0.05, 0) is 37.3 Å². The van der Waals surface area contributed by atoms with Crippen LogP contribution in [0.1, 0.15) is 17.3 Å². The van der Waals surface area contributed by atoms with Crippen LogP contribution in [0.3, 0.4) is 0 Å². The van der Waals surface area contributed by atoms with Crippen molar-refractivity contribution in [2.24, 2.45) is 0 Å². The Bertz CT molecular complexity index is 833. The van der Waals surface area contributed by atoms with E-state index in [4.69, 9.17) is 14.2 Å². The van der Waals surface area contributed by atoms with Gasteiger partial charge in [0.05, 0.1) is 5.69 Å². The molecule has 1 amide bonds. The van der Waals surface area contributed by atoms with Gasteiger partial charge in [-0.25, -0.2) is 4.79 Å². The maximum absolute atomic E-state index is 12.2. The summed E-state index contributed by atoms with van der Waals surface area (Å²) in [5.41, 5.74) is 0.721. The molecule has 0 aliphatic carbocycles. The van der Waals surface area contributed by atoms with Crippen molar-refractivity contribution in [2.45, 2.75) is 13.0 Å². The Hall–Kier alpha value is -3.35. The summed E-state index contributed by atoms with van der Waals surface area (Å²) in [6, 6.07) is 13.5. The summed E-state index contributed by atoms with van der Waals surface area (Å²) in [6.45, 7) is 1.07. The summed E-state index contributed by atoms with van der Waals surface area (Å²) >= 11 is 0. The molecule has 0 spiro atoms. The normalized spacial score (nSPS) is 13.7. The molecule has 0 radical (unpaired) electrons. The van der Waals surface area contributed by atoms with Crippen molar-refractivity contribution in [1.29, 1.82) is 0 Å². The number of nitrogens with one attached hydrogen (secondary N) is 1. The topological polar surface area (TPSA) is 90.9 Å². The number of Topliss-reactive ketones (excluding diaryl/α,β-unsaturated/α-hetero) is 1. The number of hydrogen-bond acceptors (Lipinski definition) is 6. The van der Waals surface area contributed by atoms with Crippen molar-refractivity contribution in [3.8, 4) is 11.5 Å². The van der Waals surface area contributed by atoms with E-state index in [2.05, 4.69) is 5.32 Å². The first kappa shape index (κ1) is 17.5. The van der Waals surface area contributed by atoms with Gasteiger partial charge in [-0.2, -0.15) is 0 Å². The average molecular weight is 355 g/mol. The fourth-order valence-electron chi connectivity index (χ4n) is 2.35. The van der Waals surface area contributed by atoms with Gasteiger partial charge in [0.25, 0.3) is 5.91 Å². The van der Waals surface area contributed by atoms with E-state index in [-0.39, 0.29) is 12.5 Å². The van der Waals surface area contributed by atoms with Crippen LogP contribution in [0.5, 0.6) is 11.5 Å². The molecule has 2 aromatic rings. The predicted octanol–water partition coefficient (Wildman–Crippen LogP) is 2.21. The van der Waals surface area contributed by atoms with Crippen LogP contribution in [0.25, 0.3) is 0 Å². The lowest BCUT2D eigenvalue weighted by atomic mass is 10.1. The lowest BCUT2D eigenvalue weighted by Crippen LogP contribution is -2.28. The molecule has 26 heavy (non-hydrogen) atoms. The highest BCUT2D eigenvalue weighted by Gasteiger charge is 2.20. The predicted molar refractivity (Wildman–Crippen MR) is 92.4 cm³/mol. The van der Waals surface area contributed by atoms with Crippen molar-refractivity contribution < 1.29 is 28.6 Å². The molecule has 1 N–H and O–H groups in total. The molecule has 7 heteroatoms. The molecule has 0 aromatic heterocycles. The molecule has 0 bridgehead atoms. The van der Waals surface area contributed by atoms with Gasteiger partial charge in [0.1, 0.15) is 11.5 Å². The minimum Gasteiger partial charge on any atom is -0.482 e. The number of carbonyl (C=O) groups excluding carboxylic acids is 3. The lowest BCUT2D eigenvalue weighted by molar-refractivity contribution is -0.149. The van der Waals surface area contributed by atoms with Crippen LogP contribution < -0.4 is 14.8 Å². The van der Waals surface area contributed by atoms with E-state index in [0.717, 1.165) is 0 Å². The number of fused-ring (bicyclic) bond motifs is 1. The first-order valence-electron chi connectivity index (χ1n) is 8.01. The zero-order valence-electron chi connectivity index (χ0n) is 14.1. The van der Waals surface area contributed by atoms with Gasteiger partial charge in [0, 0.05) is 5.56 Å². The SMILES string of the molecule is C[C@H](Oc1ccccc1)C(=O)OCC(=O)c1ccc2c(c1)NC(=O)CO2. The molecular weight excluding hydrogens is 338 g/mol. The number of ether oxygens (including phenoxy) is 3. The molecule has 0 unspecified atom stereocenters. The number of rotatable bonds is 6. The average Bonchev–Trinajstić information content (AvgIpc) is 2.65. The van der Waals surface area contributed by atoms with Crippen molar-refractivity contribution in [3.63, 3.8) is 0 Å². The van der Waals surface area contributed by atoms with Crippen LogP contribution in [-0.4, -0.2) is 37.0 Å². The van der Waals surface area contributed by atoms with E-state index in [9.17, 15) is 14.4 Å². The molecule has 0 fully saturated rings. The lowest BCUT2D eigenvalue weighted by Gasteiger charge is -2.18. The zero-order valence-corrected chi connectivity index (χ0v) is 14.1. The number of carbonyl (C=O) groups is 3. The van der Waals surface area contributed by atoms with Crippen molar-refractivity contribution >= 4 is 23.3 Å². The molecule has 3 rings (SSSR count). The maximum Gasteiger partial charge on any atom is 0.347 e. The van der Waals surface area contributed by atoms with Crippen molar-refractivity contribution in [2.75, 3.05) is 18.5 Å². The standard InChI is InChI=1S/C19H17NO6/c1-12(26-14-5-3-2-4-6-14)19(23)25-10-16(21)13-7-8-17-15(9-13)20-18(22)11-24-17/h2-9,12H,10-11H2,1H3,(H,20,22)/t12-/m0/s1. The second-order valence-corrected chi connectivity index (χ2v) is 5.65. The van der Waals surface area contributed by atoms with Gasteiger partial charge in [0.2, 0.25) is 0 Å². The Labute approximate surface area is 149 Å². The first-order chi connectivity index (χ1) is 12.5. The Kier molecular flexibility index (Phi) is 5.17. The summed E-state index contributed by atoms with van der Waals surface area (Å²) in [5.74, 6) is -0.304. The Morgan fingerprint density at radius 2 is 1.96 bits per heavy atom. The summed E-state index contributed by atoms with van der Waals surface area (Å²) < 4.78 is 15.7.